The first-order chi connectivity index (χ1) is 16.8. The van der Waals surface area contributed by atoms with Crippen LogP contribution >= 0.6 is 0 Å². The number of methoxy groups -OCH3 is 1. The summed E-state index contributed by atoms with van der Waals surface area (Å²) in [5.74, 6) is -0.167. The molecule has 0 aromatic heterocycles. The highest BCUT2D eigenvalue weighted by Gasteiger charge is 2.13. The van der Waals surface area contributed by atoms with Crippen LogP contribution in [0.4, 0.5) is 11.4 Å². The van der Waals surface area contributed by atoms with E-state index in [1.165, 1.54) is 37.5 Å². The quantitative estimate of drug-likeness (QED) is 0.251. The van der Waals surface area contributed by atoms with E-state index in [2.05, 4.69) is 10.6 Å². The van der Waals surface area contributed by atoms with Gasteiger partial charge < -0.3 is 25.2 Å². The Bertz CT molecular complexity index is 1310. The Morgan fingerprint density at radius 3 is 2.40 bits per heavy atom. The number of phenols is 1. The van der Waals surface area contributed by atoms with E-state index in [0.29, 0.717) is 28.4 Å². The Hall–Kier alpha value is -4.77. The summed E-state index contributed by atoms with van der Waals surface area (Å²) in [4.78, 5) is 24.8. The van der Waals surface area contributed by atoms with Crippen molar-refractivity contribution < 1.29 is 24.2 Å². The third-order valence-electron chi connectivity index (χ3n) is 5.00. The van der Waals surface area contributed by atoms with E-state index >= 15 is 0 Å². The predicted octanol–water partition coefficient (Wildman–Crippen LogP) is 4.58. The Morgan fingerprint density at radius 2 is 1.74 bits per heavy atom. The topological polar surface area (TPSA) is 121 Å². The number of amides is 2. The number of aryl methyl sites for hydroxylation is 2. The zero-order chi connectivity index (χ0) is 25.4. The van der Waals surface area contributed by atoms with E-state index in [-0.39, 0.29) is 23.8 Å². The number of carbonyl (C=O) groups is 2. The molecule has 0 spiro atoms. The van der Waals surface area contributed by atoms with Crippen molar-refractivity contribution in [2.24, 2.45) is 0 Å². The molecular weight excluding hydrogens is 446 g/mol. The van der Waals surface area contributed by atoms with Crippen LogP contribution in [0.1, 0.15) is 16.7 Å². The van der Waals surface area contributed by atoms with Gasteiger partial charge in [0.05, 0.1) is 7.11 Å². The van der Waals surface area contributed by atoms with Crippen molar-refractivity contribution in [1.29, 1.82) is 5.26 Å². The molecule has 3 N–H and O–H groups in total. The summed E-state index contributed by atoms with van der Waals surface area (Å²) < 4.78 is 11.0. The fourth-order valence-corrected chi connectivity index (χ4v) is 3.24. The largest absolute Gasteiger partial charge is 0.508 e. The molecule has 0 bridgehead atoms. The van der Waals surface area contributed by atoms with Crippen LogP contribution in [0.5, 0.6) is 17.2 Å². The summed E-state index contributed by atoms with van der Waals surface area (Å²) in [5, 5.41) is 24.2. The van der Waals surface area contributed by atoms with Gasteiger partial charge in [-0.3, -0.25) is 9.59 Å². The summed E-state index contributed by atoms with van der Waals surface area (Å²) in [6.45, 7) is 3.67. The fraction of sp³-hybridized carbons (Fsp3) is 0.148. The molecule has 0 atom stereocenters. The monoisotopic (exact) mass is 471 g/mol. The molecule has 3 aromatic carbocycles. The van der Waals surface area contributed by atoms with Gasteiger partial charge in [0.1, 0.15) is 17.4 Å². The number of anilines is 2. The van der Waals surface area contributed by atoms with Gasteiger partial charge in [0.15, 0.2) is 18.1 Å². The summed E-state index contributed by atoms with van der Waals surface area (Å²) >= 11 is 0. The van der Waals surface area contributed by atoms with Crippen molar-refractivity contribution in [2.75, 3.05) is 24.4 Å². The summed E-state index contributed by atoms with van der Waals surface area (Å²) in [7, 11) is 1.45. The summed E-state index contributed by atoms with van der Waals surface area (Å²) in [6, 6.07) is 18.4. The lowest BCUT2D eigenvalue weighted by atomic mass is 10.1. The van der Waals surface area contributed by atoms with Gasteiger partial charge in [-0.25, -0.2) is 0 Å². The van der Waals surface area contributed by atoms with E-state index in [4.69, 9.17) is 9.47 Å². The minimum atomic E-state index is -0.597. The van der Waals surface area contributed by atoms with Gasteiger partial charge in [0, 0.05) is 11.4 Å². The van der Waals surface area contributed by atoms with Crippen molar-refractivity contribution in [3.63, 3.8) is 0 Å². The van der Waals surface area contributed by atoms with Crippen molar-refractivity contribution >= 4 is 29.3 Å². The van der Waals surface area contributed by atoms with Crippen molar-refractivity contribution in [2.45, 2.75) is 13.8 Å². The molecule has 35 heavy (non-hydrogen) atoms. The molecule has 178 valence electrons. The summed E-state index contributed by atoms with van der Waals surface area (Å²) in [5.41, 5.74) is 3.62. The molecule has 0 aliphatic rings. The molecule has 3 rings (SSSR count). The van der Waals surface area contributed by atoms with Crippen molar-refractivity contribution in [3.05, 3.63) is 82.9 Å². The lowest BCUT2D eigenvalue weighted by Crippen LogP contribution is -2.20. The number of hydrogen-bond acceptors (Lipinski definition) is 6. The molecule has 0 saturated carbocycles. The molecule has 0 heterocycles. The zero-order valence-electron chi connectivity index (χ0n) is 19.6. The SMILES string of the molecule is COc1cc(/C=C(\C#N)C(=O)Nc2ccc(O)cc2)ccc1OCC(=O)Nc1ccc(C)cc1C. The first-order valence-electron chi connectivity index (χ1n) is 10.7. The molecule has 8 nitrogen and oxygen atoms in total. The van der Waals surface area contributed by atoms with Crippen LogP contribution in [-0.2, 0) is 9.59 Å². The highest BCUT2D eigenvalue weighted by Crippen LogP contribution is 2.29. The number of nitriles is 1. The average Bonchev–Trinajstić information content (AvgIpc) is 2.84. The van der Waals surface area contributed by atoms with Crippen LogP contribution in [0.2, 0.25) is 0 Å². The Kier molecular flexibility index (Phi) is 8.09. The third-order valence-corrected chi connectivity index (χ3v) is 5.00. The molecule has 0 radical (unpaired) electrons. The number of aromatic hydroxyl groups is 1. The van der Waals surface area contributed by atoms with Crippen molar-refractivity contribution in [1.82, 2.24) is 0 Å². The predicted molar refractivity (Wildman–Crippen MR) is 133 cm³/mol. The maximum absolute atomic E-state index is 12.5. The van der Waals surface area contributed by atoms with Gasteiger partial charge in [-0.1, -0.05) is 23.8 Å². The molecule has 0 aliphatic heterocycles. The molecule has 0 saturated heterocycles. The number of nitrogens with zero attached hydrogens (tertiary/aromatic N) is 1. The van der Waals surface area contributed by atoms with E-state index in [1.54, 1.807) is 18.2 Å². The molecule has 0 aliphatic carbocycles. The number of nitrogens with one attached hydrogen (secondary N) is 2. The van der Waals surface area contributed by atoms with Gasteiger partial charge in [0.25, 0.3) is 11.8 Å². The van der Waals surface area contributed by atoms with Crippen LogP contribution in [-0.4, -0.2) is 30.6 Å². The van der Waals surface area contributed by atoms with Crippen LogP contribution < -0.4 is 20.1 Å². The second-order valence-electron chi connectivity index (χ2n) is 7.74. The van der Waals surface area contributed by atoms with Gasteiger partial charge >= 0.3 is 0 Å². The van der Waals surface area contributed by atoms with Gasteiger partial charge in [-0.15, -0.1) is 0 Å². The standard InChI is InChI=1S/C27H25N3O5/c1-17-4-10-23(18(2)12-17)30-26(32)16-35-24-11-5-19(14-25(24)34-3)13-20(15-28)27(33)29-21-6-8-22(31)9-7-21/h4-14,31H,16H2,1-3H3,(H,29,33)(H,30,32)/b20-13+. The lowest BCUT2D eigenvalue weighted by Gasteiger charge is -2.13. The molecular formula is C27H25N3O5. The molecule has 3 aromatic rings. The van der Waals surface area contributed by atoms with Gasteiger partial charge in [0.2, 0.25) is 0 Å². The van der Waals surface area contributed by atoms with E-state index in [0.717, 1.165) is 11.1 Å². The first kappa shape index (κ1) is 24.9. The minimum absolute atomic E-state index is 0.0659. The van der Waals surface area contributed by atoms with E-state index in [1.807, 2.05) is 38.1 Å². The minimum Gasteiger partial charge on any atom is -0.508 e. The van der Waals surface area contributed by atoms with E-state index in [9.17, 15) is 20.0 Å². The lowest BCUT2D eigenvalue weighted by molar-refractivity contribution is -0.118. The van der Waals surface area contributed by atoms with Crippen LogP contribution in [0.3, 0.4) is 0 Å². The number of benzene rings is 3. The first-order valence-corrected chi connectivity index (χ1v) is 10.7. The van der Waals surface area contributed by atoms with E-state index < -0.39 is 5.91 Å². The zero-order valence-corrected chi connectivity index (χ0v) is 19.6. The number of hydrogen-bond donors (Lipinski definition) is 3. The Balaban J connectivity index is 1.67. The normalized spacial score (nSPS) is 10.7. The maximum Gasteiger partial charge on any atom is 0.266 e. The molecule has 0 unspecified atom stereocenters. The maximum atomic E-state index is 12.5. The Labute approximate surface area is 203 Å². The number of ether oxygens (including phenoxy) is 2. The Morgan fingerprint density at radius 1 is 1.00 bits per heavy atom. The summed E-state index contributed by atoms with van der Waals surface area (Å²) in [6.07, 6.45) is 1.41. The molecule has 0 fully saturated rings. The second-order valence-corrected chi connectivity index (χ2v) is 7.74. The average molecular weight is 472 g/mol. The highest BCUT2D eigenvalue weighted by molar-refractivity contribution is 6.09. The second kappa shape index (κ2) is 11.4. The van der Waals surface area contributed by atoms with Crippen LogP contribution in [0, 0.1) is 25.2 Å². The fourth-order valence-electron chi connectivity index (χ4n) is 3.24. The van der Waals surface area contributed by atoms with Gasteiger partial charge in [-0.05, 0) is 73.5 Å². The highest BCUT2D eigenvalue weighted by atomic mass is 16.5. The number of phenolic OH excluding ortho intramolecular Hbond substituents is 1. The van der Waals surface area contributed by atoms with Crippen molar-refractivity contribution in [3.8, 4) is 23.3 Å². The molecule has 2 amide bonds. The van der Waals surface area contributed by atoms with Crippen LogP contribution in [0.15, 0.2) is 66.2 Å². The molecule has 8 heteroatoms. The van der Waals surface area contributed by atoms with Crippen LogP contribution in [0.25, 0.3) is 6.08 Å². The van der Waals surface area contributed by atoms with Gasteiger partial charge in [-0.2, -0.15) is 5.26 Å². The third kappa shape index (κ3) is 6.85. The number of rotatable bonds is 8. The smallest absolute Gasteiger partial charge is 0.266 e. The number of carbonyl (C=O) groups excluding carboxylic acids is 2.